The first kappa shape index (κ1) is 16.8. The molecule has 0 amide bonds. The highest BCUT2D eigenvalue weighted by atomic mass is 19.1. The minimum atomic E-state index is -0.122. The number of fused-ring (bicyclic) bond motifs is 3. The van der Waals surface area contributed by atoms with Crippen LogP contribution in [0.1, 0.15) is 18.1 Å². The second kappa shape index (κ2) is 7.30. The predicted molar refractivity (Wildman–Crippen MR) is 107 cm³/mol. The zero-order chi connectivity index (χ0) is 17.9. The lowest BCUT2D eigenvalue weighted by atomic mass is 10.1. The number of hydrogen-bond donors (Lipinski definition) is 1. The first-order valence-electron chi connectivity index (χ1n) is 9.22. The van der Waals surface area contributed by atoms with E-state index in [0.29, 0.717) is 6.42 Å². The Morgan fingerprint density at radius 1 is 0.885 bits per heavy atom. The largest absolute Gasteiger partial charge is 0.341 e. The van der Waals surface area contributed by atoms with Crippen LogP contribution in [0.4, 0.5) is 4.39 Å². The van der Waals surface area contributed by atoms with Gasteiger partial charge in [0.05, 0.1) is 0 Å². The van der Waals surface area contributed by atoms with Crippen molar-refractivity contribution in [3.63, 3.8) is 0 Å². The van der Waals surface area contributed by atoms with Gasteiger partial charge < -0.3 is 9.88 Å². The van der Waals surface area contributed by atoms with Gasteiger partial charge in [-0.25, -0.2) is 4.39 Å². The van der Waals surface area contributed by atoms with Crippen molar-refractivity contribution in [2.45, 2.75) is 26.4 Å². The highest BCUT2D eigenvalue weighted by Gasteiger charge is 2.09. The molecule has 0 radical (unpaired) electrons. The normalized spacial score (nSPS) is 11.5. The summed E-state index contributed by atoms with van der Waals surface area (Å²) in [6.07, 6.45) is 0.698. The summed E-state index contributed by atoms with van der Waals surface area (Å²) in [5, 5.41) is 6.04. The summed E-state index contributed by atoms with van der Waals surface area (Å²) in [6, 6.07) is 22.2. The second-order valence-corrected chi connectivity index (χ2v) is 6.63. The lowest BCUT2D eigenvalue weighted by Gasteiger charge is -2.07. The summed E-state index contributed by atoms with van der Waals surface area (Å²) in [6.45, 7) is 4.69. The first-order chi connectivity index (χ1) is 12.8. The molecular formula is C23H23FN2. The molecule has 0 aliphatic carbocycles. The molecule has 1 heterocycles. The number of nitrogens with one attached hydrogen (secondary N) is 1. The van der Waals surface area contributed by atoms with E-state index in [1.54, 1.807) is 6.07 Å². The molecule has 1 aromatic heterocycles. The Kier molecular flexibility index (Phi) is 4.72. The molecule has 0 bridgehead atoms. The molecule has 26 heavy (non-hydrogen) atoms. The van der Waals surface area contributed by atoms with Crippen molar-refractivity contribution in [1.82, 2.24) is 9.88 Å². The van der Waals surface area contributed by atoms with E-state index in [-0.39, 0.29) is 5.82 Å². The van der Waals surface area contributed by atoms with Crippen LogP contribution >= 0.6 is 0 Å². The molecule has 0 saturated carbocycles. The molecule has 4 aromatic rings. The minimum Gasteiger partial charge on any atom is -0.341 e. The third-order valence-corrected chi connectivity index (χ3v) is 5.01. The third kappa shape index (κ3) is 3.11. The maximum Gasteiger partial charge on any atom is 0.126 e. The summed E-state index contributed by atoms with van der Waals surface area (Å²) >= 11 is 0. The van der Waals surface area contributed by atoms with E-state index in [0.717, 1.165) is 25.2 Å². The fraction of sp³-hybridized carbons (Fsp3) is 0.217. The van der Waals surface area contributed by atoms with Crippen LogP contribution in [0.3, 0.4) is 0 Å². The van der Waals surface area contributed by atoms with Crippen molar-refractivity contribution in [1.29, 1.82) is 0 Å². The molecule has 0 atom stereocenters. The van der Waals surface area contributed by atoms with E-state index in [9.17, 15) is 4.39 Å². The summed E-state index contributed by atoms with van der Waals surface area (Å²) in [5.41, 5.74) is 4.59. The van der Waals surface area contributed by atoms with Crippen LogP contribution in [0, 0.1) is 5.82 Å². The minimum absolute atomic E-state index is 0.122. The maximum absolute atomic E-state index is 13.7. The van der Waals surface area contributed by atoms with Crippen molar-refractivity contribution >= 4 is 21.8 Å². The Labute approximate surface area is 153 Å². The molecule has 0 fully saturated rings. The molecule has 0 saturated heterocycles. The molecule has 0 unspecified atom stereocenters. The van der Waals surface area contributed by atoms with E-state index < -0.39 is 0 Å². The van der Waals surface area contributed by atoms with Crippen molar-refractivity contribution in [3.8, 4) is 0 Å². The van der Waals surface area contributed by atoms with Crippen LogP contribution in [0.25, 0.3) is 21.8 Å². The number of rotatable bonds is 6. The van der Waals surface area contributed by atoms with Crippen LogP contribution in [0.15, 0.2) is 66.7 Å². The van der Waals surface area contributed by atoms with Gasteiger partial charge in [0.15, 0.2) is 0 Å². The summed E-state index contributed by atoms with van der Waals surface area (Å²) in [5.74, 6) is -0.122. The van der Waals surface area contributed by atoms with Crippen molar-refractivity contribution in [3.05, 3.63) is 83.7 Å². The second-order valence-electron chi connectivity index (χ2n) is 6.63. The van der Waals surface area contributed by atoms with E-state index in [4.69, 9.17) is 0 Å². The molecular weight excluding hydrogens is 323 g/mol. The Morgan fingerprint density at radius 3 is 2.50 bits per heavy atom. The van der Waals surface area contributed by atoms with Crippen LogP contribution in [0.2, 0.25) is 0 Å². The van der Waals surface area contributed by atoms with Gasteiger partial charge in [-0.1, -0.05) is 42.5 Å². The fourth-order valence-corrected chi connectivity index (χ4v) is 3.71. The van der Waals surface area contributed by atoms with Gasteiger partial charge >= 0.3 is 0 Å². The van der Waals surface area contributed by atoms with E-state index >= 15 is 0 Å². The number of aromatic nitrogens is 1. The van der Waals surface area contributed by atoms with Crippen LogP contribution < -0.4 is 5.32 Å². The van der Waals surface area contributed by atoms with Gasteiger partial charge in [-0.15, -0.1) is 0 Å². The average molecular weight is 346 g/mol. The molecule has 3 aromatic carbocycles. The Balaban J connectivity index is 1.51. The summed E-state index contributed by atoms with van der Waals surface area (Å²) in [7, 11) is 0. The molecule has 0 spiro atoms. The topological polar surface area (TPSA) is 17.0 Å². The van der Waals surface area contributed by atoms with Crippen molar-refractivity contribution in [2.24, 2.45) is 0 Å². The maximum atomic E-state index is 13.7. The molecule has 2 nitrogen and oxygen atoms in total. The van der Waals surface area contributed by atoms with Crippen LogP contribution in [0.5, 0.6) is 0 Å². The van der Waals surface area contributed by atoms with Crippen molar-refractivity contribution in [2.75, 3.05) is 6.54 Å². The number of halogens is 1. The molecule has 1 N–H and O–H groups in total. The monoisotopic (exact) mass is 346 g/mol. The van der Waals surface area contributed by atoms with E-state index in [1.807, 2.05) is 12.1 Å². The average Bonchev–Trinajstić information content (AvgIpc) is 2.99. The van der Waals surface area contributed by atoms with Crippen molar-refractivity contribution < 1.29 is 4.39 Å². The van der Waals surface area contributed by atoms with Crippen LogP contribution in [-0.4, -0.2) is 11.1 Å². The molecule has 0 aliphatic heterocycles. The zero-order valence-corrected chi connectivity index (χ0v) is 15.0. The lowest BCUT2D eigenvalue weighted by molar-refractivity contribution is 0.598. The predicted octanol–water partition coefficient (Wildman–Crippen LogP) is 5.29. The Morgan fingerprint density at radius 2 is 1.65 bits per heavy atom. The van der Waals surface area contributed by atoms with Gasteiger partial charge in [0.2, 0.25) is 0 Å². The Bertz CT molecular complexity index is 1050. The number of hydrogen-bond acceptors (Lipinski definition) is 1. The highest BCUT2D eigenvalue weighted by molar-refractivity contribution is 6.08. The first-order valence-corrected chi connectivity index (χ1v) is 9.22. The quantitative estimate of drug-likeness (QED) is 0.470. The number of aryl methyl sites for hydroxylation is 1. The highest BCUT2D eigenvalue weighted by Crippen LogP contribution is 2.29. The smallest absolute Gasteiger partial charge is 0.126 e. The van der Waals surface area contributed by atoms with E-state index in [1.165, 1.54) is 33.4 Å². The standard InChI is InChI=1S/C23H23FN2/c1-2-26-22-10-6-4-8-19(22)20-15-17(11-12-23(20)26)16-25-14-13-18-7-3-5-9-21(18)24/h3-12,15,25H,2,13-14,16H2,1H3. The number of benzene rings is 3. The fourth-order valence-electron chi connectivity index (χ4n) is 3.71. The lowest BCUT2D eigenvalue weighted by Crippen LogP contribution is -2.17. The van der Waals surface area contributed by atoms with Crippen LogP contribution in [-0.2, 0) is 19.5 Å². The summed E-state index contributed by atoms with van der Waals surface area (Å²) < 4.78 is 16.0. The van der Waals surface area contributed by atoms with E-state index in [2.05, 4.69) is 59.3 Å². The molecule has 132 valence electrons. The Hall–Kier alpha value is -2.65. The summed E-state index contributed by atoms with van der Waals surface area (Å²) in [4.78, 5) is 0. The molecule has 4 rings (SSSR count). The number of para-hydroxylation sites is 1. The third-order valence-electron chi connectivity index (χ3n) is 5.01. The van der Waals surface area contributed by atoms with Gasteiger partial charge in [-0.3, -0.25) is 0 Å². The van der Waals surface area contributed by atoms with Gasteiger partial charge in [0.25, 0.3) is 0 Å². The molecule has 3 heteroatoms. The molecule has 0 aliphatic rings. The van der Waals surface area contributed by atoms with Gasteiger partial charge in [-0.2, -0.15) is 0 Å². The zero-order valence-electron chi connectivity index (χ0n) is 15.0. The SMILES string of the molecule is CCn1c2ccccc2c2cc(CNCCc3ccccc3F)ccc21. The van der Waals surface area contributed by atoms with Gasteiger partial charge in [0.1, 0.15) is 5.82 Å². The van der Waals surface area contributed by atoms with Gasteiger partial charge in [0, 0.05) is 34.9 Å². The number of nitrogens with zero attached hydrogens (tertiary/aromatic N) is 1. The van der Waals surface area contributed by atoms with Gasteiger partial charge in [-0.05, 0) is 55.3 Å².